The van der Waals surface area contributed by atoms with E-state index < -0.39 is 10.8 Å². The number of carbonyl (C=O) groups is 1. The number of ether oxygens (including phenoxy) is 1. The number of aromatic nitrogens is 2. The smallest absolute Gasteiger partial charge is 0.271 e. The molecule has 0 saturated heterocycles. The quantitative estimate of drug-likeness (QED) is 0.412. The maximum Gasteiger partial charge on any atom is 0.271 e. The van der Waals surface area contributed by atoms with E-state index in [1.54, 1.807) is 37.3 Å². The lowest BCUT2D eigenvalue weighted by atomic mass is 10.2. The van der Waals surface area contributed by atoms with Crippen molar-refractivity contribution < 1.29 is 19.0 Å². The predicted molar refractivity (Wildman–Crippen MR) is 110 cm³/mol. The number of aryl methyl sites for hydroxylation is 2. The highest BCUT2D eigenvalue weighted by atomic mass is 16.6. The van der Waals surface area contributed by atoms with Gasteiger partial charge < -0.3 is 14.6 Å². The van der Waals surface area contributed by atoms with Crippen LogP contribution in [0.2, 0.25) is 0 Å². The van der Waals surface area contributed by atoms with Crippen LogP contribution in [0.4, 0.5) is 11.4 Å². The molecule has 0 aliphatic carbocycles. The van der Waals surface area contributed by atoms with Crippen LogP contribution in [0, 0.1) is 17.0 Å². The molecule has 2 aromatic carbocycles. The summed E-state index contributed by atoms with van der Waals surface area (Å²) in [5, 5.41) is 17.5. The summed E-state index contributed by atoms with van der Waals surface area (Å²) in [6.07, 6.45) is 2.80. The Balaban J connectivity index is 1.56. The van der Waals surface area contributed by atoms with Gasteiger partial charge in [-0.15, -0.1) is 0 Å². The normalized spacial score (nSPS) is 10.6. The zero-order valence-corrected chi connectivity index (χ0v) is 16.8. The number of rotatable bonds is 9. The van der Waals surface area contributed by atoms with Crippen LogP contribution < -0.4 is 10.1 Å². The molecule has 156 valence electrons. The summed E-state index contributed by atoms with van der Waals surface area (Å²) in [6.45, 7) is 3.62. The summed E-state index contributed by atoms with van der Waals surface area (Å²) < 4.78 is 10.7. The summed E-state index contributed by atoms with van der Waals surface area (Å²) in [5.74, 6) is 1.20. The number of anilines is 1. The molecular formula is C21H22N4O5. The summed E-state index contributed by atoms with van der Waals surface area (Å²) >= 11 is 0. The number of amides is 1. The summed E-state index contributed by atoms with van der Waals surface area (Å²) in [5.41, 5.74) is 1.79. The average Bonchev–Trinajstić information content (AvgIpc) is 3.21. The molecule has 9 heteroatoms. The molecule has 1 heterocycles. The van der Waals surface area contributed by atoms with Gasteiger partial charge in [-0.05, 0) is 43.2 Å². The van der Waals surface area contributed by atoms with E-state index in [9.17, 15) is 14.9 Å². The van der Waals surface area contributed by atoms with Crippen LogP contribution in [0.25, 0.3) is 11.4 Å². The van der Waals surface area contributed by atoms with E-state index in [1.807, 2.05) is 0 Å². The van der Waals surface area contributed by atoms with Gasteiger partial charge in [0.2, 0.25) is 11.7 Å². The third kappa shape index (κ3) is 5.40. The Hall–Kier alpha value is -3.75. The molecule has 3 aromatic rings. The van der Waals surface area contributed by atoms with Gasteiger partial charge in [-0.25, -0.2) is 0 Å². The second-order valence-corrected chi connectivity index (χ2v) is 6.73. The zero-order valence-electron chi connectivity index (χ0n) is 16.8. The molecule has 0 unspecified atom stereocenters. The number of benzene rings is 2. The molecule has 0 saturated carbocycles. The molecule has 0 bridgehead atoms. The zero-order chi connectivity index (χ0) is 21.5. The Kier molecular flexibility index (Phi) is 6.74. The second kappa shape index (κ2) is 9.64. The minimum atomic E-state index is -0.510. The SMILES string of the molecule is CCCCc1nc(-c2ccc(OCC(=O)Nc3cc([N+](=O)[O-])ccc3C)cc2)no1. The summed E-state index contributed by atoms with van der Waals surface area (Å²) in [7, 11) is 0. The minimum Gasteiger partial charge on any atom is -0.484 e. The maximum absolute atomic E-state index is 12.2. The highest BCUT2D eigenvalue weighted by molar-refractivity contribution is 5.93. The Morgan fingerprint density at radius 2 is 2.00 bits per heavy atom. The lowest BCUT2D eigenvalue weighted by molar-refractivity contribution is -0.384. The van der Waals surface area contributed by atoms with Gasteiger partial charge in [0.15, 0.2) is 6.61 Å². The Morgan fingerprint density at radius 3 is 2.70 bits per heavy atom. The number of nitro benzene ring substituents is 1. The molecule has 30 heavy (non-hydrogen) atoms. The van der Waals surface area contributed by atoms with Gasteiger partial charge in [-0.1, -0.05) is 24.6 Å². The second-order valence-electron chi connectivity index (χ2n) is 6.73. The molecule has 0 fully saturated rings. The van der Waals surface area contributed by atoms with Crippen molar-refractivity contribution >= 4 is 17.3 Å². The van der Waals surface area contributed by atoms with Crippen LogP contribution >= 0.6 is 0 Å². The van der Waals surface area contributed by atoms with E-state index in [-0.39, 0.29) is 12.3 Å². The first-order valence-corrected chi connectivity index (χ1v) is 9.57. The van der Waals surface area contributed by atoms with Crippen LogP contribution in [-0.2, 0) is 11.2 Å². The van der Waals surface area contributed by atoms with Crippen LogP contribution in [0.15, 0.2) is 47.0 Å². The van der Waals surface area contributed by atoms with E-state index in [0.29, 0.717) is 23.2 Å². The number of nitro groups is 1. The molecule has 0 aliphatic rings. The van der Waals surface area contributed by atoms with Crippen molar-refractivity contribution in [2.45, 2.75) is 33.1 Å². The molecule has 1 N–H and O–H groups in total. The average molecular weight is 410 g/mol. The monoisotopic (exact) mass is 410 g/mol. The molecule has 1 aromatic heterocycles. The standard InChI is InChI=1S/C21H22N4O5/c1-3-4-5-20-23-21(24-30-20)15-7-10-17(11-8-15)29-13-19(26)22-18-12-16(25(27)28)9-6-14(18)2/h6-12H,3-5,13H2,1-2H3,(H,22,26). The molecule has 0 atom stereocenters. The fourth-order valence-corrected chi connectivity index (χ4v) is 2.70. The fourth-order valence-electron chi connectivity index (χ4n) is 2.70. The van der Waals surface area contributed by atoms with E-state index in [4.69, 9.17) is 9.26 Å². The van der Waals surface area contributed by atoms with Crippen LogP contribution in [0.5, 0.6) is 5.75 Å². The van der Waals surface area contributed by atoms with Gasteiger partial charge in [0.25, 0.3) is 11.6 Å². The van der Waals surface area contributed by atoms with E-state index in [2.05, 4.69) is 22.4 Å². The van der Waals surface area contributed by atoms with Crippen molar-refractivity contribution in [2.24, 2.45) is 0 Å². The third-order valence-electron chi connectivity index (χ3n) is 4.40. The third-order valence-corrected chi connectivity index (χ3v) is 4.40. The lowest BCUT2D eigenvalue weighted by Crippen LogP contribution is -2.20. The first kappa shape index (κ1) is 21.0. The number of carbonyl (C=O) groups excluding carboxylic acids is 1. The van der Waals surface area contributed by atoms with E-state index >= 15 is 0 Å². The molecule has 0 radical (unpaired) electrons. The van der Waals surface area contributed by atoms with Crippen molar-refractivity contribution in [3.8, 4) is 17.1 Å². The van der Waals surface area contributed by atoms with Crippen molar-refractivity contribution in [3.63, 3.8) is 0 Å². The molecule has 3 rings (SSSR count). The fraction of sp³-hybridized carbons (Fsp3) is 0.286. The number of nitrogens with one attached hydrogen (secondary N) is 1. The summed E-state index contributed by atoms with van der Waals surface area (Å²) in [6, 6.07) is 11.3. The van der Waals surface area contributed by atoms with Gasteiger partial charge in [-0.3, -0.25) is 14.9 Å². The van der Waals surface area contributed by atoms with Crippen LogP contribution in [0.3, 0.4) is 0 Å². The van der Waals surface area contributed by atoms with Crippen LogP contribution in [0.1, 0.15) is 31.2 Å². The number of hydrogen-bond donors (Lipinski definition) is 1. The number of nitrogens with zero attached hydrogens (tertiary/aromatic N) is 3. The van der Waals surface area contributed by atoms with Gasteiger partial charge in [0.1, 0.15) is 5.75 Å². The lowest BCUT2D eigenvalue weighted by Gasteiger charge is -2.09. The van der Waals surface area contributed by atoms with Gasteiger partial charge in [-0.2, -0.15) is 4.98 Å². The van der Waals surface area contributed by atoms with E-state index in [0.717, 1.165) is 30.4 Å². The number of hydrogen-bond acceptors (Lipinski definition) is 7. The highest BCUT2D eigenvalue weighted by Crippen LogP contribution is 2.23. The number of unbranched alkanes of at least 4 members (excludes halogenated alkanes) is 1. The Labute approximate surface area is 173 Å². The molecule has 9 nitrogen and oxygen atoms in total. The van der Waals surface area contributed by atoms with Gasteiger partial charge >= 0.3 is 0 Å². The Morgan fingerprint density at radius 1 is 1.23 bits per heavy atom. The first-order valence-electron chi connectivity index (χ1n) is 9.57. The molecule has 0 aliphatic heterocycles. The topological polar surface area (TPSA) is 120 Å². The molecular weight excluding hydrogens is 388 g/mol. The van der Waals surface area contributed by atoms with Gasteiger partial charge in [0, 0.05) is 24.1 Å². The van der Waals surface area contributed by atoms with Crippen molar-refractivity contribution in [2.75, 3.05) is 11.9 Å². The Bertz CT molecular complexity index is 1030. The van der Waals surface area contributed by atoms with Crippen molar-refractivity contribution in [1.82, 2.24) is 10.1 Å². The van der Waals surface area contributed by atoms with Crippen molar-refractivity contribution in [3.05, 3.63) is 64.0 Å². The highest BCUT2D eigenvalue weighted by Gasteiger charge is 2.12. The predicted octanol–water partition coefficient (Wildman–Crippen LogP) is 4.31. The summed E-state index contributed by atoms with van der Waals surface area (Å²) in [4.78, 5) is 26.9. The first-order chi connectivity index (χ1) is 14.5. The molecule has 0 spiro atoms. The van der Waals surface area contributed by atoms with Crippen molar-refractivity contribution in [1.29, 1.82) is 0 Å². The van der Waals surface area contributed by atoms with Crippen LogP contribution in [-0.4, -0.2) is 27.6 Å². The largest absolute Gasteiger partial charge is 0.484 e. The maximum atomic E-state index is 12.2. The van der Waals surface area contributed by atoms with E-state index in [1.165, 1.54) is 12.1 Å². The molecule has 1 amide bonds. The van der Waals surface area contributed by atoms with Gasteiger partial charge in [0.05, 0.1) is 10.6 Å². The minimum absolute atomic E-state index is 0.0910. The number of non-ortho nitro benzene ring substituents is 1.